The van der Waals surface area contributed by atoms with Gasteiger partial charge in [-0.05, 0) is 64.0 Å². The largest absolute Gasteiger partial charge is 0.385 e. The smallest absolute Gasteiger partial charge is 0.109 e. The van der Waals surface area contributed by atoms with Gasteiger partial charge in [-0.3, -0.25) is 4.99 Å². The van der Waals surface area contributed by atoms with Crippen LogP contribution in [0.5, 0.6) is 0 Å². The minimum Gasteiger partial charge on any atom is -0.385 e. The van der Waals surface area contributed by atoms with Crippen molar-refractivity contribution < 1.29 is 0 Å². The fourth-order valence-corrected chi connectivity index (χ4v) is 2.71. The Kier molecular flexibility index (Phi) is 4.32. The van der Waals surface area contributed by atoms with Crippen LogP contribution in [0.1, 0.15) is 28.1 Å². The van der Waals surface area contributed by atoms with Gasteiger partial charge in [0.1, 0.15) is 5.82 Å². The second-order valence-electron chi connectivity index (χ2n) is 5.57. The normalized spacial score (nSPS) is 12.3. The Bertz CT molecular complexity index is 676. The van der Waals surface area contributed by atoms with Gasteiger partial charge < -0.3 is 10.3 Å². The number of benzene rings is 1. The Labute approximate surface area is 126 Å². The molecule has 3 nitrogen and oxygen atoms in total. The summed E-state index contributed by atoms with van der Waals surface area (Å²) in [5.41, 5.74) is 13.0. The maximum atomic E-state index is 6.14. The van der Waals surface area contributed by atoms with E-state index in [0.717, 1.165) is 17.1 Å². The molecule has 3 heteroatoms. The van der Waals surface area contributed by atoms with Gasteiger partial charge >= 0.3 is 0 Å². The molecular formula is C18H23N3. The molecule has 0 spiro atoms. The average molecular weight is 281 g/mol. The van der Waals surface area contributed by atoms with E-state index in [1.807, 2.05) is 24.5 Å². The number of nitrogens with two attached hydrogens (primary N) is 1. The Morgan fingerprint density at radius 1 is 1.00 bits per heavy atom. The first-order chi connectivity index (χ1) is 9.90. The van der Waals surface area contributed by atoms with E-state index in [1.165, 1.54) is 16.7 Å². The van der Waals surface area contributed by atoms with E-state index in [9.17, 15) is 0 Å². The first-order valence-electron chi connectivity index (χ1n) is 7.13. The van der Waals surface area contributed by atoms with Crippen molar-refractivity contribution in [3.05, 3.63) is 58.4 Å². The molecule has 0 atom stereocenters. The molecule has 0 bridgehead atoms. The quantitative estimate of drug-likeness (QED) is 0.842. The van der Waals surface area contributed by atoms with Gasteiger partial charge in [0.2, 0.25) is 0 Å². The van der Waals surface area contributed by atoms with Crippen molar-refractivity contribution in [3.63, 3.8) is 0 Å². The first kappa shape index (κ1) is 15.1. The maximum absolute atomic E-state index is 6.14. The fraction of sp³-hybridized carbons (Fsp3) is 0.278. The van der Waals surface area contributed by atoms with Gasteiger partial charge in [0.15, 0.2) is 0 Å². The molecule has 1 aromatic heterocycles. The van der Waals surface area contributed by atoms with E-state index >= 15 is 0 Å². The molecule has 0 aliphatic heterocycles. The molecule has 1 aromatic carbocycles. The van der Waals surface area contributed by atoms with E-state index in [2.05, 4.69) is 50.0 Å². The molecular weight excluding hydrogens is 258 g/mol. The van der Waals surface area contributed by atoms with Crippen LogP contribution in [0.4, 0.5) is 5.69 Å². The van der Waals surface area contributed by atoms with Gasteiger partial charge in [0.05, 0.1) is 5.69 Å². The van der Waals surface area contributed by atoms with Crippen LogP contribution in [-0.4, -0.2) is 10.8 Å². The highest BCUT2D eigenvalue weighted by molar-refractivity contribution is 5.81. The van der Waals surface area contributed by atoms with E-state index in [1.54, 1.807) is 6.21 Å². The standard InChI is InChI=1S/C18H23N3/c1-12-10-13(2)18(14(3)11-12)20-9-8-17(19)21-15(4)6-7-16(21)5/h6-11H,19H2,1-5H3/b17-8+,20-9?. The SMILES string of the molecule is Cc1cc(C)c(N=C/C=C(\N)n2c(C)ccc2C)c(C)c1. The van der Waals surface area contributed by atoms with E-state index < -0.39 is 0 Å². The zero-order chi connectivity index (χ0) is 15.6. The second kappa shape index (κ2) is 6.00. The van der Waals surface area contributed by atoms with Gasteiger partial charge in [-0.15, -0.1) is 0 Å². The van der Waals surface area contributed by atoms with Crippen LogP contribution in [0.15, 0.2) is 35.3 Å². The molecule has 2 N–H and O–H groups in total. The van der Waals surface area contributed by atoms with E-state index in [4.69, 9.17) is 5.73 Å². The number of nitrogens with zero attached hydrogens (tertiary/aromatic N) is 2. The van der Waals surface area contributed by atoms with Crippen molar-refractivity contribution in [2.24, 2.45) is 10.7 Å². The van der Waals surface area contributed by atoms with Crippen LogP contribution in [0.2, 0.25) is 0 Å². The Morgan fingerprint density at radius 2 is 1.52 bits per heavy atom. The number of allylic oxidation sites excluding steroid dienone is 1. The fourth-order valence-electron chi connectivity index (χ4n) is 2.71. The first-order valence-corrected chi connectivity index (χ1v) is 7.13. The molecule has 0 amide bonds. The number of aromatic nitrogens is 1. The van der Waals surface area contributed by atoms with Crippen molar-refractivity contribution >= 4 is 17.7 Å². The third kappa shape index (κ3) is 3.24. The molecule has 110 valence electrons. The van der Waals surface area contributed by atoms with Gasteiger partial charge in [0, 0.05) is 17.6 Å². The van der Waals surface area contributed by atoms with Crippen LogP contribution >= 0.6 is 0 Å². The summed E-state index contributed by atoms with van der Waals surface area (Å²) < 4.78 is 2.01. The van der Waals surface area contributed by atoms with Gasteiger partial charge in [-0.2, -0.15) is 0 Å². The maximum Gasteiger partial charge on any atom is 0.109 e. The van der Waals surface area contributed by atoms with E-state index in [0.29, 0.717) is 5.82 Å². The van der Waals surface area contributed by atoms with Crippen LogP contribution in [0.3, 0.4) is 0 Å². The number of aryl methyl sites for hydroxylation is 5. The highest BCUT2D eigenvalue weighted by Gasteiger charge is 2.03. The molecule has 2 rings (SSSR count). The number of hydrogen-bond acceptors (Lipinski definition) is 2. The monoisotopic (exact) mass is 281 g/mol. The summed E-state index contributed by atoms with van der Waals surface area (Å²) in [6.45, 7) is 10.3. The lowest BCUT2D eigenvalue weighted by Gasteiger charge is -2.08. The van der Waals surface area contributed by atoms with Gasteiger partial charge in [-0.25, -0.2) is 0 Å². The van der Waals surface area contributed by atoms with Gasteiger partial charge in [-0.1, -0.05) is 17.7 Å². The van der Waals surface area contributed by atoms with E-state index in [-0.39, 0.29) is 0 Å². The third-order valence-electron chi connectivity index (χ3n) is 3.61. The number of hydrogen-bond donors (Lipinski definition) is 1. The summed E-state index contributed by atoms with van der Waals surface area (Å²) in [6, 6.07) is 8.41. The van der Waals surface area contributed by atoms with Crippen LogP contribution in [-0.2, 0) is 0 Å². The number of rotatable bonds is 3. The van der Waals surface area contributed by atoms with Crippen molar-refractivity contribution in [2.75, 3.05) is 0 Å². The molecule has 0 saturated heterocycles. The predicted octanol–water partition coefficient (Wildman–Crippen LogP) is 4.19. The molecule has 1 heterocycles. The lowest BCUT2D eigenvalue weighted by Crippen LogP contribution is -2.09. The minimum absolute atomic E-state index is 0.682. The summed E-state index contributed by atoms with van der Waals surface area (Å²) in [5.74, 6) is 0.682. The van der Waals surface area contributed by atoms with Crippen molar-refractivity contribution in [1.29, 1.82) is 0 Å². The van der Waals surface area contributed by atoms with Crippen molar-refractivity contribution in [1.82, 2.24) is 4.57 Å². The third-order valence-corrected chi connectivity index (χ3v) is 3.61. The molecule has 21 heavy (non-hydrogen) atoms. The summed E-state index contributed by atoms with van der Waals surface area (Å²) in [6.07, 6.45) is 3.62. The second-order valence-corrected chi connectivity index (χ2v) is 5.57. The zero-order valence-electron chi connectivity index (χ0n) is 13.4. The Balaban J connectivity index is 2.29. The summed E-state index contributed by atoms with van der Waals surface area (Å²) in [5, 5.41) is 0. The topological polar surface area (TPSA) is 43.3 Å². The average Bonchev–Trinajstić information content (AvgIpc) is 2.72. The lowest BCUT2D eigenvalue weighted by molar-refractivity contribution is 0.972. The number of aliphatic imine (C=N–C) groups is 1. The summed E-state index contributed by atoms with van der Waals surface area (Å²) in [7, 11) is 0. The zero-order valence-corrected chi connectivity index (χ0v) is 13.4. The Hall–Kier alpha value is -2.29. The predicted molar refractivity (Wildman–Crippen MR) is 91.2 cm³/mol. The highest BCUT2D eigenvalue weighted by atomic mass is 15.1. The van der Waals surface area contributed by atoms with Crippen LogP contribution in [0.25, 0.3) is 5.82 Å². The molecule has 0 unspecified atom stereocenters. The van der Waals surface area contributed by atoms with Crippen LogP contribution < -0.4 is 5.73 Å². The molecule has 0 saturated carbocycles. The molecule has 0 fully saturated rings. The summed E-state index contributed by atoms with van der Waals surface area (Å²) in [4.78, 5) is 4.56. The Morgan fingerprint density at radius 3 is 2.05 bits per heavy atom. The van der Waals surface area contributed by atoms with Gasteiger partial charge in [0.25, 0.3) is 0 Å². The molecule has 0 aliphatic rings. The summed E-state index contributed by atoms with van der Waals surface area (Å²) >= 11 is 0. The van der Waals surface area contributed by atoms with Crippen LogP contribution in [0, 0.1) is 34.6 Å². The lowest BCUT2D eigenvalue weighted by atomic mass is 10.1. The molecule has 0 radical (unpaired) electrons. The van der Waals surface area contributed by atoms with Crippen molar-refractivity contribution in [3.8, 4) is 0 Å². The molecule has 2 aromatic rings. The van der Waals surface area contributed by atoms with Crippen molar-refractivity contribution in [2.45, 2.75) is 34.6 Å². The highest BCUT2D eigenvalue weighted by Crippen LogP contribution is 2.24. The minimum atomic E-state index is 0.682. The molecule has 0 aliphatic carbocycles.